The molecule has 3 aromatic rings. The lowest BCUT2D eigenvalue weighted by molar-refractivity contribution is -0.135. The summed E-state index contributed by atoms with van der Waals surface area (Å²) in [5.41, 5.74) is 2.91. The minimum atomic E-state index is -0.192. The van der Waals surface area contributed by atoms with Crippen LogP contribution in [0.4, 0.5) is 0 Å². The van der Waals surface area contributed by atoms with Gasteiger partial charge in [-0.2, -0.15) is 0 Å². The highest BCUT2D eigenvalue weighted by Gasteiger charge is 2.28. The number of benzene rings is 1. The zero-order chi connectivity index (χ0) is 22.0. The quantitative estimate of drug-likeness (QED) is 0.611. The smallest absolute Gasteiger partial charge is 0.256 e. The number of imidazole rings is 1. The first-order valence-corrected chi connectivity index (χ1v) is 10.5. The summed E-state index contributed by atoms with van der Waals surface area (Å²) in [4.78, 5) is 37.9. The molecule has 4 rings (SSSR count). The van der Waals surface area contributed by atoms with Gasteiger partial charge in [0.25, 0.3) is 5.91 Å². The standard InChI is InChI=1S/C23H27N5O3/c1-16(2)12-28-15-25-20-10-18(11-24-22(20)28)23(30)27-8-7-26(21(29)14-27)13-17-5-4-6-19(9-17)31-3/h4-6,9-11,15-16H,7-8,12-14H2,1-3H3. The number of pyridine rings is 1. The molecular weight excluding hydrogens is 394 g/mol. The molecule has 0 aliphatic carbocycles. The Hall–Kier alpha value is -3.42. The summed E-state index contributed by atoms with van der Waals surface area (Å²) in [5.74, 6) is 0.970. The highest BCUT2D eigenvalue weighted by molar-refractivity contribution is 5.98. The number of fused-ring (bicyclic) bond motifs is 1. The predicted octanol–water partition coefficient (Wildman–Crippen LogP) is 2.58. The molecule has 2 aromatic heterocycles. The van der Waals surface area contributed by atoms with Gasteiger partial charge in [-0.05, 0) is 29.7 Å². The van der Waals surface area contributed by atoms with Crippen LogP contribution >= 0.6 is 0 Å². The van der Waals surface area contributed by atoms with E-state index in [-0.39, 0.29) is 18.4 Å². The van der Waals surface area contributed by atoms with E-state index in [1.165, 1.54) is 0 Å². The Balaban J connectivity index is 1.42. The molecule has 8 nitrogen and oxygen atoms in total. The Morgan fingerprint density at radius 2 is 2.03 bits per heavy atom. The van der Waals surface area contributed by atoms with Crippen molar-refractivity contribution in [1.29, 1.82) is 0 Å². The molecule has 3 heterocycles. The minimum absolute atomic E-state index is 0.0582. The first-order chi connectivity index (χ1) is 14.9. The molecule has 0 saturated carbocycles. The molecule has 1 saturated heterocycles. The van der Waals surface area contributed by atoms with Crippen LogP contribution in [-0.4, -0.2) is 62.9 Å². The number of aromatic nitrogens is 3. The van der Waals surface area contributed by atoms with Crippen molar-refractivity contribution in [2.75, 3.05) is 26.7 Å². The van der Waals surface area contributed by atoms with Gasteiger partial charge in [-0.15, -0.1) is 0 Å². The first-order valence-electron chi connectivity index (χ1n) is 10.5. The second-order valence-electron chi connectivity index (χ2n) is 8.25. The second kappa shape index (κ2) is 8.75. The Morgan fingerprint density at radius 1 is 1.19 bits per heavy atom. The molecule has 162 valence electrons. The highest BCUT2D eigenvalue weighted by atomic mass is 16.5. The summed E-state index contributed by atoms with van der Waals surface area (Å²) in [6, 6.07) is 9.42. The second-order valence-corrected chi connectivity index (χ2v) is 8.25. The normalized spacial score (nSPS) is 14.5. The maximum atomic E-state index is 13.0. The fraction of sp³-hybridized carbons (Fsp3) is 0.391. The fourth-order valence-electron chi connectivity index (χ4n) is 3.82. The van der Waals surface area contributed by atoms with E-state index in [2.05, 4.69) is 23.8 Å². The molecule has 0 bridgehead atoms. The molecule has 0 N–H and O–H groups in total. The lowest BCUT2D eigenvalue weighted by atomic mass is 10.1. The van der Waals surface area contributed by atoms with E-state index in [4.69, 9.17) is 4.74 Å². The van der Waals surface area contributed by atoms with E-state index < -0.39 is 0 Å². The number of piperazine rings is 1. The van der Waals surface area contributed by atoms with E-state index in [9.17, 15) is 9.59 Å². The zero-order valence-corrected chi connectivity index (χ0v) is 18.1. The molecule has 0 radical (unpaired) electrons. The third kappa shape index (κ3) is 4.52. The van der Waals surface area contributed by atoms with E-state index in [1.807, 2.05) is 28.8 Å². The van der Waals surface area contributed by atoms with Crippen molar-refractivity contribution in [3.05, 3.63) is 54.0 Å². The van der Waals surface area contributed by atoms with Crippen molar-refractivity contribution >= 4 is 23.0 Å². The van der Waals surface area contributed by atoms with Crippen LogP contribution in [0.25, 0.3) is 11.2 Å². The lowest BCUT2D eigenvalue weighted by Gasteiger charge is -2.34. The van der Waals surface area contributed by atoms with Crippen molar-refractivity contribution in [3.8, 4) is 5.75 Å². The van der Waals surface area contributed by atoms with Crippen LogP contribution in [0.5, 0.6) is 5.75 Å². The van der Waals surface area contributed by atoms with Gasteiger partial charge in [0.2, 0.25) is 5.91 Å². The average Bonchev–Trinajstić information content (AvgIpc) is 3.16. The molecular formula is C23H27N5O3. The van der Waals surface area contributed by atoms with Crippen LogP contribution in [0.2, 0.25) is 0 Å². The average molecular weight is 422 g/mol. The zero-order valence-electron chi connectivity index (χ0n) is 18.1. The molecule has 8 heteroatoms. The summed E-state index contributed by atoms with van der Waals surface area (Å²) in [6.07, 6.45) is 3.34. The summed E-state index contributed by atoms with van der Waals surface area (Å²) in [6.45, 7) is 6.61. The van der Waals surface area contributed by atoms with Crippen molar-refractivity contribution in [2.24, 2.45) is 5.92 Å². The van der Waals surface area contributed by atoms with Gasteiger partial charge in [0.15, 0.2) is 5.65 Å². The maximum Gasteiger partial charge on any atom is 0.256 e. The lowest BCUT2D eigenvalue weighted by Crippen LogP contribution is -2.51. The van der Waals surface area contributed by atoms with Gasteiger partial charge in [0, 0.05) is 32.4 Å². The molecule has 1 aliphatic rings. The molecule has 2 amide bonds. The summed E-state index contributed by atoms with van der Waals surface area (Å²) < 4.78 is 7.25. The minimum Gasteiger partial charge on any atom is -0.497 e. The summed E-state index contributed by atoms with van der Waals surface area (Å²) in [7, 11) is 1.62. The van der Waals surface area contributed by atoms with Crippen LogP contribution in [0.3, 0.4) is 0 Å². The molecule has 0 atom stereocenters. The molecule has 1 fully saturated rings. The summed E-state index contributed by atoms with van der Waals surface area (Å²) >= 11 is 0. The summed E-state index contributed by atoms with van der Waals surface area (Å²) in [5, 5.41) is 0. The predicted molar refractivity (Wildman–Crippen MR) is 117 cm³/mol. The number of hydrogen-bond donors (Lipinski definition) is 0. The molecule has 0 spiro atoms. The van der Waals surface area contributed by atoms with E-state index >= 15 is 0 Å². The van der Waals surface area contributed by atoms with Crippen molar-refractivity contribution < 1.29 is 14.3 Å². The number of nitrogens with zero attached hydrogens (tertiary/aromatic N) is 5. The number of hydrogen-bond acceptors (Lipinski definition) is 5. The number of methoxy groups -OCH3 is 1. The number of rotatable bonds is 6. The maximum absolute atomic E-state index is 13.0. The van der Waals surface area contributed by atoms with Gasteiger partial charge in [-0.3, -0.25) is 9.59 Å². The van der Waals surface area contributed by atoms with Crippen LogP contribution < -0.4 is 4.74 Å². The van der Waals surface area contributed by atoms with Gasteiger partial charge < -0.3 is 19.1 Å². The first kappa shape index (κ1) is 20.8. The topological polar surface area (TPSA) is 80.6 Å². The Morgan fingerprint density at radius 3 is 2.77 bits per heavy atom. The fourth-order valence-corrected chi connectivity index (χ4v) is 3.82. The number of carbonyl (C=O) groups excluding carboxylic acids is 2. The van der Waals surface area contributed by atoms with Crippen molar-refractivity contribution in [3.63, 3.8) is 0 Å². The van der Waals surface area contributed by atoms with E-state index in [0.717, 1.165) is 23.5 Å². The van der Waals surface area contributed by atoms with Crippen LogP contribution in [0.15, 0.2) is 42.9 Å². The SMILES string of the molecule is COc1cccc(CN2CCN(C(=O)c3cnc4c(c3)ncn4CC(C)C)CC2=O)c1. The van der Waals surface area contributed by atoms with Crippen LogP contribution in [0.1, 0.15) is 29.8 Å². The molecule has 31 heavy (non-hydrogen) atoms. The molecule has 0 unspecified atom stereocenters. The molecule has 1 aromatic carbocycles. The van der Waals surface area contributed by atoms with E-state index in [1.54, 1.807) is 35.5 Å². The highest BCUT2D eigenvalue weighted by Crippen LogP contribution is 2.18. The van der Waals surface area contributed by atoms with Gasteiger partial charge in [-0.25, -0.2) is 9.97 Å². The van der Waals surface area contributed by atoms with Crippen LogP contribution in [-0.2, 0) is 17.9 Å². The Kier molecular flexibility index (Phi) is 5.88. The number of ether oxygens (including phenoxy) is 1. The number of carbonyl (C=O) groups is 2. The van der Waals surface area contributed by atoms with Crippen molar-refractivity contribution in [2.45, 2.75) is 26.9 Å². The largest absolute Gasteiger partial charge is 0.497 e. The van der Waals surface area contributed by atoms with Gasteiger partial charge in [-0.1, -0.05) is 26.0 Å². The third-order valence-corrected chi connectivity index (χ3v) is 5.38. The molecule has 1 aliphatic heterocycles. The Labute approximate surface area is 181 Å². The van der Waals surface area contributed by atoms with Gasteiger partial charge in [0.1, 0.15) is 17.8 Å². The monoisotopic (exact) mass is 421 g/mol. The van der Waals surface area contributed by atoms with Gasteiger partial charge >= 0.3 is 0 Å². The van der Waals surface area contributed by atoms with Gasteiger partial charge in [0.05, 0.1) is 19.0 Å². The third-order valence-electron chi connectivity index (χ3n) is 5.38. The van der Waals surface area contributed by atoms with E-state index in [0.29, 0.717) is 36.6 Å². The Bertz CT molecular complexity index is 1110. The number of amides is 2. The van der Waals surface area contributed by atoms with Crippen molar-refractivity contribution in [1.82, 2.24) is 24.3 Å². The van der Waals surface area contributed by atoms with Crippen LogP contribution in [0, 0.1) is 5.92 Å².